The zero-order chi connectivity index (χ0) is 17.1. The minimum atomic E-state index is -0.000434. The molecule has 0 N–H and O–H groups in total. The molecule has 1 amide bonds. The van der Waals surface area contributed by atoms with Crippen LogP contribution in [0.5, 0.6) is 0 Å². The van der Waals surface area contributed by atoms with Gasteiger partial charge in [-0.05, 0) is 43.3 Å². The van der Waals surface area contributed by atoms with Gasteiger partial charge in [-0.2, -0.15) is 0 Å². The van der Waals surface area contributed by atoms with Crippen LogP contribution >= 0.6 is 15.9 Å². The van der Waals surface area contributed by atoms with Crippen LogP contribution in [0.25, 0.3) is 10.9 Å². The van der Waals surface area contributed by atoms with Crippen LogP contribution in [0.4, 0.5) is 0 Å². The van der Waals surface area contributed by atoms with Gasteiger partial charge in [0.1, 0.15) is 0 Å². The number of rotatable bonds is 4. The average Bonchev–Trinajstić information content (AvgIpc) is 2.59. The number of halogens is 1. The lowest BCUT2D eigenvalue weighted by molar-refractivity contribution is 0.0798. The van der Waals surface area contributed by atoms with Gasteiger partial charge in [0.2, 0.25) is 0 Å². The molecule has 3 aromatic rings. The van der Waals surface area contributed by atoms with Crippen LogP contribution in [0.15, 0.2) is 53.1 Å². The van der Waals surface area contributed by atoms with Crippen molar-refractivity contribution in [1.82, 2.24) is 14.9 Å². The van der Waals surface area contributed by atoms with Gasteiger partial charge in [0.15, 0.2) is 0 Å². The summed E-state index contributed by atoms with van der Waals surface area (Å²) in [5.74, 6) is -0.000434. The van der Waals surface area contributed by atoms with E-state index < -0.39 is 0 Å². The molecular formula is C19H18BrN3O. The molecule has 0 bridgehead atoms. The number of nitrogens with zero attached hydrogens (tertiary/aromatic N) is 3. The fourth-order valence-corrected chi connectivity index (χ4v) is 3.00. The number of hydrogen-bond acceptors (Lipinski definition) is 3. The van der Waals surface area contributed by atoms with Crippen molar-refractivity contribution >= 4 is 32.7 Å². The summed E-state index contributed by atoms with van der Waals surface area (Å²) in [6.07, 6.45) is 2.50. The third kappa shape index (κ3) is 3.62. The number of amides is 1. The maximum absolute atomic E-state index is 12.9. The fraction of sp³-hybridized carbons (Fsp3) is 0.211. The van der Waals surface area contributed by atoms with Gasteiger partial charge in [-0.25, -0.2) is 0 Å². The summed E-state index contributed by atoms with van der Waals surface area (Å²) in [7, 11) is 1.82. The smallest absolute Gasteiger partial charge is 0.254 e. The van der Waals surface area contributed by atoms with Gasteiger partial charge >= 0.3 is 0 Å². The second-order valence-corrected chi connectivity index (χ2v) is 6.69. The van der Waals surface area contributed by atoms with Crippen LogP contribution in [-0.2, 0) is 6.42 Å². The van der Waals surface area contributed by atoms with E-state index in [-0.39, 0.29) is 5.91 Å². The molecule has 0 aliphatic rings. The number of carbonyl (C=O) groups is 1. The number of hydrogen-bond donors (Lipinski definition) is 0. The summed E-state index contributed by atoms with van der Waals surface area (Å²) in [6.45, 7) is 2.53. The maximum atomic E-state index is 12.9. The lowest BCUT2D eigenvalue weighted by atomic mass is 10.1. The summed E-state index contributed by atoms with van der Waals surface area (Å²) in [5.41, 5.74) is 3.34. The van der Waals surface area contributed by atoms with Crippen molar-refractivity contribution in [3.8, 4) is 0 Å². The van der Waals surface area contributed by atoms with Crippen LogP contribution in [0.1, 0.15) is 21.7 Å². The van der Waals surface area contributed by atoms with E-state index in [1.165, 1.54) is 0 Å². The van der Waals surface area contributed by atoms with Gasteiger partial charge in [-0.1, -0.05) is 22.0 Å². The third-order valence-corrected chi connectivity index (χ3v) is 4.40. The lowest BCUT2D eigenvalue weighted by Gasteiger charge is -2.18. The van der Waals surface area contributed by atoms with Gasteiger partial charge in [-0.3, -0.25) is 14.8 Å². The Labute approximate surface area is 149 Å². The van der Waals surface area contributed by atoms with E-state index in [4.69, 9.17) is 0 Å². The van der Waals surface area contributed by atoms with Gasteiger partial charge < -0.3 is 4.90 Å². The number of pyridine rings is 2. The normalized spacial score (nSPS) is 10.8. The van der Waals surface area contributed by atoms with Crippen molar-refractivity contribution in [3.05, 3.63) is 70.1 Å². The summed E-state index contributed by atoms with van der Waals surface area (Å²) < 4.78 is 0.936. The number of carbonyl (C=O) groups excluding carboxylic acids is 1. The van der Waals surface area contributed by atoms with Gasteiger partial charge in [0.25, 0.3) is 5.91 Å². The first-order valence-electron chi connectivity index (χ1n) is 7.77. The Morgan fingerprint density at radius 1 is 1.21 bits per heavy atom. The molecule has 0 radical (unpaired) electrons. The van der Waals surface area contributed by atoms with E-state index in [1.54, 1.807) is 11.1 Å². The molecule has 0 spiro atoms. The Morgan fingerprint density at radius 3 is 2.79 bits per heavy atom. The number of aryl methyl sites for hydroxylation is 1. The first-order valence-corrected chi connectivity index (χ1v) is 8.56. The second-order valence-electron chi connectivity index (χ2n) is 5.77. The van der Waals surface area contributed by atoms with Gasteiger partial charge in [-0.15, -0.1) is 0 Å². The van der Waals surface area contributed by atoms with Crippen LogP contribution in [0, 0.1) is 6.92 Å². The molecule has 2 aromatic heterocycles. The van der Waals surface area contributed by atoms with Crippen LogP contribution < -0.4 is 0 Å². The average molecular weight is 384 g/mol. The van der Waals surface area contributed by atoms with E-state index >= 15 is 0 Å². The summed E-state index contributed by atoms with van der Waals surface area (Å²) >= 11 is 3.47. The van der Waals surface area contributed by atoms with Gasteiger partial charge in [0.05, 0.1) is 11.1 Å². The first-order chi connectivity index (χ1) is 11.5. The molecule has 24 heavy (non-hydrogen) atoms. The van der Waals surface area contributed by atoms with Crippen molar-refractivity contribution in [2.24, 2.45) is 0 Å². The molecule has 0 unspecified atom stereocenters. The first kappa shape index (κ1) is 16.6. The highest BCUT2D eigenvalue weighted by atomic mass is 79.9. The second kappa shape index (κ2) is 7.09. The summed E-state index contributed by atoms with van der Waals surface area (Å²) in [5, 5.41) is 0.865. The molecule has 4 nitrogen and oxygen atoms in total. The predicted octanol–water partition coefficient (Wildman–Crippen LogP) is 4.02. The Bertz CT molecular complexity index is 880. The summed E-state index contributed by atoms with van der Waals surface area (Å²) in [6, 6.07) is 13.5. The number of likely N-dealkylation sites (N-methyl/N-ethyl adjacent to an activating group) is 1. The molecule has 1 aromatic carbocycles. The van der Waals surface area contributed by atoms with Crippen molar-refractivity contribution in [3.63, 3.8) is 0 Å². The zero-order valence-electron chi connectivity index (χ0n) is 13.7. The molecule has 5 heteroatoms. The van der Waals surface area contributed by atoms with Gasteiger partial charge in [0, 0.05) is 47.5 Å². The molecule has 2 heterocycles. The monoisotopic (exact) mass is 383 g/mol. The largest absolute Gasteiger partial charge is 0.341 e. The number of benzene rings is 1. The van der Waals surface area contributed by atoms with Crippen molar-refractivity contribution in [2.45, 2.75) is 13.3 Å². The van der Waals surface area contributed by atoms with Crippen LogP contribution in [0.3, 0.4) is 0 Å². The van der Waals surface area contributed by atoms with Crippen LogP contribution in [-0.4, -0.2) is 34.4 Å². The number of fused-ring (bicyclic) bond motifs is 1. The van der Waals surface area contributed by atoms with E-state index in [2.05, 4.69) is 25.9 Å². The quantitative estimate of drug-likeness (QED) is 0.683. The Balaban J connectivity index is 1.86. The fourth-order valence-electron chi connectivity index (χ4n) is 2.64. The minimum Gasteiger partial charge on any atom is -0.341 e. The van der Waals surface area contributed by atoms with E-state index in [9.17, 15) is 4.79 Å². The highest BCUT2D eigenvalue weighted by Crippen LogP contribution is 2.23. The topological polar surface area (TPSA) is 46.1 Å². The molecule has 122 valence electrons. The Hall–Kier alpha value is -2.27. The predicted molar refractivity (Wildman–Crippen MR) is 99.1 cm³/mol. The van der Waals surface area contributed by atoms with E-state index in [0.717, 1.165) is 33.2 Å². The molecule has 0 saturated heterocycles. The van der Waals surface area contributed by atoms with Crippen molar-refractivity contribution in [2.75, 3.05) is 13.6 Å². The SMILES string of the molecule is Cc1cc(C(=O)N(C)CCc2ccccn2)c2cc(Br)ccc2n1. The molecular weight excluding hydrogens is 366 g/mol. The molecule has 0 aliphatic heterocycles. The third-order valence-electron chi connectivity index (χ3n) is 3.91. The maximum Gasteiger partial charge on any atom is 0.254 e. The Kier molecular flexibility index (Phi) is 4.90. The van der Waals surface area contributed by atoms with E-state index in [1.807, 2.05) is 56.4 Å². The minimum absolute atomic E-state index is 0.000434. The molecule has 0 aliphatic carbocycles. The molecule has 3 rings (SSSR count). The van der Waals surface area contributed by atoms with Crippen molar-refractivity contribution < 1.29 is 4.79 Å². The van der Waals surface area contributed by atoms with E-state index in [0.29, 0.717) is 12.1 Å². The van der Waals surface area contributed by atoms with Crippen LogP contribution in [0.2, 0.25) is 0 Å². The highest BCUT2D eigenvalue weighted by molar-refractivity contribution is 9.10. The summed E-state index contributed by atoms with van der Waals surface area (Å²) in [4.78, 5) is 23.5. The van der Waals surface area contributed by atoms with Crippen molar-refractivity contribution in [1.29, 1.82) is 0 Å². The zero-order valence-corrected chi connectivity index (χ0v) is 15.2. The lowest BCUT2D eigenvalue weighted by Crippen LogP contribution is -2.29. The number of aromatic nitrogens is 2. The molecule has 0 saturated carbocycles. The molecule has 0 atom stereocenters. The molecule has 0 fully saturated rings. The Morgan fingerprint density at radius 2 is 2.04 bits per heavy atom. The highest BCUT2D eigenvalue weighted by Gasteiger charge is 2.16. The standard InChI is InChI=1S/C19H18BrN3O/c1-13-11-17(16-12-14(20)6-7-18(16)22-13)19(24)23(2)10-8-15-5-3-4-9-21-15/h3-7,9,11-12H,8,10H2,1-2H3.